The lowest BCUT2D eigenvalue weighted by Crippen LogP contribution is -2.28. The maximum absolute atomic E-state index is 13.4. The first-order valence-corrected chi connectivity index (χ1v) is 10.8. The fourth-order valence-corrected chi connectivity index (χ4v) is 3.93. The van der Waals surface area contributed by atoms with E-state index in [-0.39, 0.29) is 17.7 Å². The second-order valence-electron chi connectivity index (χ2n) is 9.01. The van der Waals surface area contributed by atoms with Crippen molar-refractivity contribution >= 4 is 11.9 Å². The maximum atomic E-state index is 13.4. The van der Waals surface area contributed by atoms with Crippen LogP contribution in [0.3, 0.4) is 0 Å². The monoisotopic (exact) mass is 447 g/mol. The zero-order valence-electron chi connectivity index (χ0n) is 19.0. The number of likely N-dealkylation sites (N-methyl/N-ethyl adjacent to an activating group) is 1. The average molecular weight is 448 g/mol. The van der Waals surface area contributed by atoms with Crippen molar-refractivity contribution in [2.24, 2.45) is 0 Å². The lowest BCUT2D eigenvalue weighted by atomic mass is 9.88. The van der Waals surface area contributed by atoms with E-state index in [1.165, 1.54) is 12.1 Å². The van der Waals surface area contributed by atoms with Gasteiger partial charge in [0, 0.05) is 12.6 Å². The summed E-state index contributed by atoms with van der Waals surface area (Å²) in [5, 5.41) is 2.71. The number of carbonyl (C=O) groups excluding carboxylic acids is 2. The summed E-state index contributed by atoms with van der Waals surface area (Å²) in [5.74, 6) is -0.856. The summed E-state index contributed by atoms with van der Waals surface area (Å²) < 4.78 is 24.9. The Bertz CT molecular complexity index is 1180. The molecular weight excluding hydrogens is 421 g/mol. The summed E-state index contributed by atoms with van der Waals surface area (Å²) >= 11 is 0. The second-order valence-corrected chi connectivity index (χ2v) is 9.01. The third kappa shape index (κ3) is 4.75. The van der Waals surface area contributed by atoms with Gasteiger partial charge in [-0.2, -0.15) is 0 Å². The normalized spacial score (nSPS) is 17.1. The molecule has 3 aromatic rings. The van der Waals surface area contributed by atoms with Crippen molar-refractivity contribution < 1.29 is 23.5 Å². The van der Waals surface area contributed by atoms with Gasteiger partial charge in [-0.3, -0.25) is 4.79 Å². The molecule has 2 unspecified atom stereocenters. The van der Waals surface area contributed by atoms with E-state index in [1.54, 1.807) is 31.3 Å². The molecule has 2 atom stereocenters. The molecule has 5 nitrogen and oxygen atoms in total. The number of nitrogens with one attached hydrogen (secondary N) is 1. The van der Waals surface area contributed by atoms with Gasteiger partial charge in [-0.05, 0) is 73.9 Å². The second kappa shape index (κ2) is 8.70. The van der Waals surface area contributed by atoms with Crippen LogP contribution in [0.4, 0.5) is 4.39 Å². The first-order valence-electron chi connectivity index (χ1n) is 10.8. The van der Waals surface area contributed by atoms with E-state index in [1.807, 2.05) is 51.1 Å². The highest BCUT2D eigenvalue weighted by molar-refractivity contribution is 5.90. The van der Waals surface area contributed by atoms with E-state index in [4.69, 9.17) is 9.47 Å². The summed E-state index contributed by atoms with van der Waals surface area (Å²) in [5.41, 5.74) is 3.18. The third-order valence-electron chi connectivity index (χ3n) is 5.48. The zero-order chi connectivity index (χ0) is 23.8. The molecule has 0 radical (unpaired) electrons. The quantitative estimate of drug-likeness (QED) is 0.543. The molecule has 0 bridgehead atoms. The van der Waals surface area contributed by atoms with Gasteiger partial charge in [0.15, 0.2) is 0 Å². The van der Waals surface area contributed by atoms with Gasteiger partial charge in [0.2, 0.25) is 5.91 Å². The number of amides is 1. The van der Waals surface area contributed by atoms with Crippen LogP contribution in [0.1, 0.15) is 54.3 Å². The minimum Gasteiger partial charge on any atom is -0.484 e. The minimum atomic E-state index is -0.573. The van der Waals surface area contributed by atoms with E-state index in [2.05, 4.69) is 5.32 Å². The highest BCUT2D eigenvalue weighted by Gasteiger charge is 2.40. The SMILES string of the molecule is CNC(=O)C1c2cc(-c3ccc(C(=O)OC(C)(C)C)cc3)ccc2OC1c1ccc(F)cc1. The van der Waals surface area contributed by atoms with Crippen molar-refractivity contribution in [3.05, 3.63) is 89.2 Å². The molecule has 1 heterocycles. The van der Waals surface area contributed by atoms with Crippen molar-refractivity contribution in [3.8, 4) is 16.9 Å². The van der Waals surface area contributed by atoms with Crippen molar-refractivity contribution in [2.45, 2.75) is 38.4 Å². The number of rotatable bonds is 4. The predicted octanol–water partition coefficient (Wildman–Crippen LogP) is 5.41. The van der Waals surface area contributed by atoms with E-state index in [9.17, 15) is 14.0 Å². The van der Waals surface area contributed by atoms with Gasteiger partial charge >= 0.3 is 5.97 Å². The molecule has 3 aromatic carbocycles. The molecule has 33 heavy (non-hydrogen) atoms. The molecule has 0 aliphatic carbocycles. The number of carbonyl (C=O) groups is 2. The average Bonchev–Trinajstić information content (AvgIpc) is 3.16. The minimum absolute atomic E-state index is 0.180. The highest BCUT2D eigenvalue weighted by atomic mass is 19.1. The van der Waals surface area contributed by atoms with Gasteiger partial charge < -0.3 is 14.8 Å². The summed E-state index contributed by atoms with van der Waals surface area (Å²) in [4.78, 5) is 25.1. The predicted molar refractivity (Wildman–Crippen MR) is 124 cm³/mol. The van der Waals surface area contributed by atoms with Gasteiger partial charge in [0.25, 0.3) is 0 Å². The highest BCUT2D eigenvalue weighted by Crippen LogP contribution is 2.47. The number of fused-ring (bicyclic) bond motifs is 1. The smallest absolute Gasteiger partial charge is 0.338 e. The zero-order valence-corrected chi connectivity index (χ0v) is 19.0. The van der Waals surface area contributed by atoms with Crippen LogP contribution in [0.5, 0.6) is 5.75 Å². The van der Waals surface area contributed by atoms with Crippen molar-refractivity contribution in [1.29, 1.82) is 0 Å². The van der Waals surface area contributed by atoms with Crippen LogP contribution >= 0.6 is 0 Å². The fourth-order valence-electron chi connectivity index (χ4n) is 3.93. The summed E-state index contributed by atoms with van der Waals surface area (Å²) in [7, 11) is 1.58. The van der Waals surface area contributed by atoms with Gasteiger partial charge in [-0.1, -0.05) is 30.3 Å². The molecule has 170 valence electrons. The molecule has 4 rings (SSSR count). The topological polar surface area (TPSA) is 64.6 Å². The number of esters is 1. The van der Waals surface area contributed by atoms with Crippen molar-refractivity contribution in [2.75, 3.05) is 7.05 Å². The van der Waals surface area contributed by atoms with Gasteiger partial charge in [0.1, 0.15) is 29.2 Å². The Balaban J connectivity index is 1.65. The van der Waals surface area contributed by atoms with Crippen LogP contribution in [0.25, 0.3) is 11.1 Å². The lowest BCUT2D eigenvalue weighted by molar-refractivity contribution is -0.123. The van der Waals surface area contributed by atoms with E-state index in [0.717, 1.165) is 22.3 Å². The number of halogens is 1. The van der Waals surface area contributed by atoms with Gasteiger partial charge in [-0.15, -0.1) is 0 Å². The van der Waals surface area contributed by atoms with E-state index in [0.29, 0.717) is 11.3 Å². The molecule has 0 aromatic heterocycles. The van der Waals surface area contributed by atoms with Crippen molar-refractivity contribution in [3.63, 3.8) is 0 Å². The Hall–Kier alpha value is -3.67. The number of hydrogen-bond donors (Lipinski definition) is 1. The Labute approximate surface area is 192 Å². The molecule has 6 heteroatoms. The first kappa shape index (κ1) is 22.5. The molecule has 0 saturated carbocycles. The van der Waals surface area contributed by atoms with Crippen LogP contribution in [-0.4, -0.2) is 24.5 Å². The standard InChI is InChI=1S/C27H26FNO4/c1-27(2,3)33-26(31)18-7-5-16(6-8-18)19-11-14-22-21(15-19)23(25(30)29-4)24(32-22)17-9-12-20(28)13-10-17/h5-15,23-24H,1-4H3,(H,29,30). The van der Waals surface area contributed by atoms with Crippen LogP contribution in [-0.2, 0) is 9.53 Å². The lowest BCUT2D eigenvalue weighted by Gasteiger charge is -2.19. The molecular formula is C27H26FNO4. The van der Waals surface area contributed by atoms with Crippen LogP contribution < -0.4 is 10.1 Å². The molecule has 0 spiro atoms. The summed E-state index contributed by atoms with van der Waals surface area (Å²) in [6.45, 7) is 5.48. The molecule has 1 aliphatic rings. The van der Waals surface area contributed by atoms with Crippen LogP contribution in [0.2, 0.25) is 0 Å². The number of ether oxygens (including phenoxy) is 2. The van der Waals surface area contributed by atoms with Crippen LogP contribution in [0, 0.1) is 5.82 Å². The Morgan fingerprint density at radius 2 is 1.58 bits per heavy atom. The summed E-state index contributed by atoms with van der Waals surface area (Å²) in [6.07, 6.45) is -0.551. The largest absolute Gasteiger partial charge is 0.484 e. The fraction of sp³-hybridized carbons (Fsp3) is 0.259. The molecule has 1 aliphatic heterocycles. The Morgan fingerprint density at radius 3 is 2.18 bits per heavy atom. The van der Waals surface area contributed by atoms with Gasteiger partial charge in [-0.25, -0.2) is 9.18 Å². The summed E-state index contributed by atoms with van der Waals surface area (Å²) in [6, 6.07) is 18.8. The first-order chi connectivity index (χ1) is 15.7. The Morgan fingerprint density at radius 1 is 0.939 bits per heavy atom. The molecule has 0 saturated heterocycles. The van der Waals surface area contributed by atoms with Gasteiger partial charge in [0.05, 0.1) is 5.56 Å². The van der Waals surface area contributed by atoms with E-state index < -0.39 is 17.6 Å². The number of benzene rings is 3. The molecule has 1 amide bonds. The van der Waals surface area contributed by atoms with E-state index >= 15 is 0 Å². The molecule has 1 N–H and O–H groups in total. The molecule has 0 fully saturated rings. The third-order valence-corrected chi connectivity index (χ3v) is 5.48. The van der Waals surface area contributed by atoms with Crippen LogP contribution in [0.15, 0.2) is 66.7 Å². The van der Waals surface area contributed by atoms with Crippen molar-refractivity contribution in [1.82, 2.24) is 5.32 Å². The Kier molecular flexibility index (Phi) is 5.93. The maximum Gasteiger partial charge on any atom is 0.338 e. The number of hydrogen-bond acceptors (Lipinski definition) is 4.